The highest BCUT2D eigenvalue weighted by Crippen LogP contribution is 2.24. The number of rotatable bonds is 6. The van der Waals surface area contributed by atoms with E-state index in [9.17, 15) is 0 Å². The summed E-state index contributed by atoms with van der Waals surface area (Å²) in [5.74, 6) is 0. The van der Waals surface area contributed by atoms with Crippen LogP contribution in [0.5, 0.6) is 0 Å². The summed E-state index contributed by atoms with van der Waals surface area (Å²) >= 11 is 6.15. The van der Waals surface area contributed by atoms with Gasteiger partial charge in [-0.05, 0) is 55.3 Å². The first-order chi connectivity index (χ1) is 9.70. The van der Waals surface area contributed by atoms with Gasteiger partial charge in [-0.1, -0.05) is 30.7 Å². The van der Waals surface area contributed by atoms with Crippen molar-refractivity contribution < 1.29 is 0 Å². The molecule has 0 fully saturated rings. The monoisotopic (exact) mass is 288 g/mol. The second-order valence-electron chi connectivity index (χ2n) is 5.03. The molecule has 0 aliphatic rings. The summed E-state index contributed by atoms with van der Waals surface area (Å²) in [7, 11) is 0. The van der Waals surface area contributed by atoms with E-state index in [-0.39, 0.29) is 6.04 Å². The van der Waals surface area contributed by atoms with Crippen molar-refractivity contribution in [2.24, 2.45) is 0 Å². The van der Waals surface area contributed by atoms with Crippen LogP contribution in [0.25, 0.3) is 0 Å². The van der Waals surface area contributed by atoms with Gasteiger partial charge in [0.25, 0.3) is 0 Å². The molecule has 106 valence electrons. The molecule has 1 atom stereocenters. The van der Waals surface area contributed by atoms with Crippen LogP contribution in [0.4, 0.5) is 0 Å². The van der Waals surface area contributed by atoms with Gasteiger partial charge in [0.1, 0.15) is 0 Å². The lowest BCUT2D eigenvalue weighted by atomic mass is 9.97. The van der Waals surface area contributed by atoms with E-state index in [0.717, 1.165) is 30.1 Å². The number of hydrogen-bond donors (Lipinski definition) is 1. The maximum atomic E-state index is 6.15. The predicted octanol–water partition coefficient (Wildman–Crippen LogP) is 4.33. The van der Waals surface area contributed by atoms with Crippen LogP contribution in [0.3, 0.4) is 0 Å². The summed E-state index contributed by atoms with van der Waals surface area (Å²) in [4.78, 5) is 4.43. The average molecular weight is 289 g/mol. The Hall–Kier alpha value is -1.38. The fourth-order valence-corrected chi connectivity index (χ4v) is 2.51. The van der Waals surface area contributed by atoms with E-state index in [1.807, 2.05) is 24.4 Å². The molecule has 1 N–H and O–H groups in total. The molecule has 2 nitrogen and oxygen atoms in total. The molecule has 1 aromatic heterocycles. The zero-order valence-corrected chi connectivity index (χ0v) is 12.8. The molecule has 1 unspecified atom stereocenters. The second kappa shape index (κ2) is 7.41. The fourth-order valence-electron chi connectivity index (χ4n) is 2.33. The lowest BCUT2D eigenvalue weighted by molar-refractivity contribution is 0.522. The highest BCUT2D eigenvalue weighted by Gasteiger charge is 2.14. The third-order valence-electron chi connectivity index (χ3n) is 3.40. The molecular formula is C17H21ClN2. The lowest BCUT2D eigenvalue weighted by Crippen LogP contribution is -2.25. The second-order valence-corrected chi connectivity index (χ2v) is 5.47. The molecule has 0 aliphatic carbocycles. The minimum Gasteiger partial charge on any atom is -0.310 e. The van der Waals surface area contributed by atoms with Crippen molar-refractivity contribution in [3.05, 3.63) is 64.4 Å². The summed E-state index contributed by atoms with van der Waals surface area (Å²) in [6.07, 6.45) is 3.83. The van der Waals surface area contributed by atoms with Crippen LogP contribution in [0.2, 0.25) is 5.02 Å². The molecule has 0 saturated heterocycles. The number of hydrogen-bond acceptors (Lipinski definition) is 2. The summed E-state index contributed by atoms with van der Waals surface area (Å²) < 4.78 is 0. The molecule has 0 amide bonds. The first kappa shape index (κ1) is 15.0. The standard InChI is InChI=1S/C17H21ClN2/c1-3-9-20-17(12-15-6-4-5-10-19-15)16-11-14(18)8-7-13(16)2/h4-8,10-11,17,20H,3,9,12H2,1-2H3. The minimum atomic E-state index is 0.253. The van der Waals surface area contributed by atoms with Gasteiger partial charge in [0.2, 0.25) is 0 Å². The maximum Gasteiger partial charge on any atom is 0.0422 e. The molecule has 0 spiro atoms. The summed E-state index contributed by atoms with van der Waals surface area (Å²) in [6, 6.07) is 12.4. The lowest BCUT2D eigenvalue weighted by Gasteiger charge is -2.21. The Bertz CT molecular complexity index is 540. The molecule has 2 aromatic rings. The highest BCUT2D eigenvalue weighted by atomic mass is 35.5. The Morgan fingerprint density at radius 2 is 2.10 bits per heavy atom. The molecule has 2 rings (SSSR count). The summed E-state index contributed by atoms with van der Waals surface area (Å²) in [6.45, 7) is 5.30. The Labute approximate surface area is 126 Å². The predicted molar refractivity (Wildman–Crippen MR) is 85.2 cm³/mol. The van der Waals surface area contributed by atoms with Crippen LogP contribution >= 0.6 is 11.6 Å². The van der Waals surface area contributed by atoms with E-state index in [0.29, 0.717) is 0 Å². The zero-order chi connectivity index (χ0) is 14.4. The Balaban J connectivity index is 2.24. The molecular weight excluding hydrogens is 268 g/mol. The van der Waals surface area contributed by atoms with E-state index in [2.05, 4.69) is 42.3 Å². The average Bonchev–Trinajstić information content (AvgIpc) is 2.47. The molecule has 0 aliphatic heterocycles. The van der Waals surface area contributed by atoms with Crippen LogP contribution in [-0.2, 0) is 6.42 Å². The van der Waals surface area contributed by atoms with Crippen molar-refractivity contribution >= 4 is 11.6 Å². The first-order valence-electron chi connectivity index (χ1n) is 7.10. The zero-order valence-electron chi connectivity index (χ0n) is 12.1. The van der Waals surface area contributed by atoms with Crippen molar-refractivity contribution in [2.45, 2.75) is 32.7 Å². The van der Waals surface area contributed by atoms with Gasteiger partial charge in [0.05, 0.1) is 0 Å². The largest absolute Gasteiger partial charge is 0.310 e. The molecule has 1 heterocycles. The number of benzene rings is 1. The SMILES string of the molecule is CCCNC(Cc1ccccn1)c1cc(Cl)ccc1C. The normalized spacial score (nSPS) is 12.3. The fraction of sp³-hybridized carbons (Fsp3) is 0.353. The number of nitrogens with zero attached hydrogens (tertiary/aromatic N) is 1. The van der Waals surface area contributed by atoms with E-state index < -0.39 is 0 Å². The molecule has 0 bridgehead atoms. The quantitative estimate of drug-likeness (QED) is 0.856. The van der Waals surface area contributed by atoms with E-state index >= 15 is 0 Å². The smallest absolute Gasteiger partial charge is 0.0422 e. The molecule has 1 aromatic carbocycles. The van der Waals surface area contributed by atoms with Crippen LogP contribution in [0, 0.1) is 6.92 Å². The van der Waals surface area contributed by atoms with Crippen LogP contribution in [-0.4, -0.2) is 11.5 Å². The Kier molecular flexibility index (Phi) is 5.57. The summed E-state index contributed by atoms with van der Waals surface area (Å²) in [5, 5.41) is 4.39. The Morgan fingerprint density at radius 1 is 1.25 bits per heavy atom. The Morgan fingerprint density at radius 3 is 2.80 bits per heavy atom. The van der Waals surface area contributed by atoms with Gasteiger partial charge < -0.3 is 5.32 Å². The van der Waals surface area contributed by atoms with Gasteiger partial charge in [-0.25, -0.2) is 0 Å². The topological polar surface area (TPSA) is 24.9 Å². The minimum absolute atomic E-state index is 0.253. The van der Waals surface area contributed by atoms with Gasteiger partial charge in [-0.15, -0.1) is 0 Å². The number of aryl methyl sites for hydroxylation is 1. The molecule has 20 heavy (non-hydrogen) atoms. The third kappa shape index (κ3) is 4.06. The van der Waals surface area contributed by atoms with Crippen molar-refractivity contribution in [2.75, 3.05) is 6.54 Å². The van der Waals surface area contributed by atoms with Gasteiger partial charge in [-0.3, -0.25) is 4.98 Å². The summed E-state index contributed by atoms with van der Waals surface area (Å²) in [5.41, 5.74) is 3.62. The van der Waals surface area contributed by atoms with Crippen molar-refractivity contribution in [1.29, 1.82) is 0 Å². The number of halogens is 1. The molecule has 3 heteroatoms. The molecule has 0 radical (unpaired) electrons. The third-order valence-corrected chi connectivity index (χ3v) is 3.63. The van der Waals surface area contributed by atoms with Gasteiger partial charge in [-0.2, -0.15) is 0 Å². The van der Waals surface area contributed by atoms with Crippen LogP contribution in [0.15, 0.2) is 42.6 Å². The number of nitrogens with one attached hydrogen (secondary N) is 1. The van der Waals surface area contributed by atoms with Gasteiger partial charge in [0.15, 0.2) is 0 Å². The van der Waals surface area contributed by atoms with E-state index in [1.165, 1.54) is 11.1 Å². The van der Waals surface area contributed by atoms with Gasteiger partial charge in [0, 0.05) is 29.4 Å². The van der Waals surface area contributed by atoms with Gasteiger partial charge >= 0.3 is 0 Å². The van der Waals surface area contributed by atoms with Crippen LogP contribution < -0.4 is 5.32 Å². The first-order valence-corrected chi connectivity index (χ1v) is 7.48. The van der Waals surface area contributed by atoms with Crippen molar-refractivity contribution in [3.63, 3.8) is 0 Å². The maximum absolute atomic E-state index is 6.15. The number of pyridine rings is 1. The molecule has 0 saturated carbocycles. The highest BCUT2D eigenvalue weighted by molar-refractivity contribution is 6.30. The van der Waals surface area contributed by atoms with E-state index in [1.54, 1.807) is 0 Å². The van der Waals surface area contributed by atoms with Crippen molar-refractivity contribution in [3.8, 4) is 0 Å². The number of aromatic nitrogens is 1. The van der Waals surface area contributed by atoms with Crippen LogP contribution in [0.1, 0.15) is 36.2 Å². The van der Waals surface area contributed by atoms with E-state index in [4.69, 9.17) is 11.6 Å². The van der Waals surface area contributed by atoms with Crippen molar-refractivity contribution in [1.82, 2.24) is 10.3 Å².